The number of nitrogens with zero attached hydrogens (tertiary/aromatic N) is 1. The Morgan fingerprint density at radius 3 is 2.87 bits per heavy atom. The van der Waals surface area contributed by atoms with Crippen molar-refractivity contribution in [3.63, 3.8) is 0 Å². The second kappa shape index (κ2) is 5.16. The normalized spacial score (nSPS) is 9.40. The predicted octanol–water partition coefficient (Wildman–Crippen LogP) is 1.97. The molecule has 3 nitrogen and oxygen atoms in total. The Morgan fingerprint density at radius 2 is 2.27 bits per heavy atom. The molecule has 78 valence electrons. The SMILES string of the molecule is CCOC(=O)Cc1cc(C)ccc1C#N. The largest absolute Gasteiger partial charge is 0.466 e. The van der Waals surface area contributed by atoms with E-state index in [1.165, 1.54) is 0 Å². The van der Waals surface area contributed by atoms with Crippen molar-refractivity contribution in [3.8, 4) is 6.07 Å². The van der Waals surface area contributed by atoms with Gasteiger partial charge >= 0.3 is 5.97 Å². The standard InChI is InChI=1S/C12H13NO2/c1-3-15-12(14)7-11-6-9(2)4-5-10(11)8-13/h4-6H,3,7H2,1-2H3. The third-order valence-corrected chi connectivity index (χ3v) is 2.02. The van der Waals surface area contributed by atoms with Gasteiger partial charge in [0.1, 0.15) is 0 Å². The lowest BCUT2D eigenvalue weighted by molar-refractivity contribution is -0.142. The zero-order valence-corrected chi connectivity index (χ0v) is 8.91. The van der Waals surface area contributed by atoms with Crippen LogP contribution >= 0.6 is 0 Å². The maximum Gasteiger partial charge on any atom is 0.310 e. The van der Waals surface area contributed by atoms with Crippen LogP contribution in [0.3, 0.4) is 0 Å². The molecule has 0 fully saturated rings. The zero-order valence-electron chi connectivity index (χ0n) is 8.91. The lowest BCUT2D eigenvalue weighted by Crippen LogP contribution is -2.08. The molecule has 0 heterocycles. The lowest BCUT2D eigenvalue weighted by Gasteiger charge is -2.04. The van der Waals surface area contributed by atoms with Crippen molar-refractivity contribution in [2.45, 2.75) is 20.3 Å². The highest BCUT2D eigenvalue weighted by atomic mass is 16.5. The molecule has 0 amide bonds. The number of benzene rings is 1. The van der Waals surface area contributed by atoms with Gasteiger partial charge in [-0.2, -0.15) is 5.26 Å². The molecule has 0 saturated heterocycles. The Morgan fingerprint density at radius 1 is 1.53 bits per heavy atom. The first-order chi connectivity index (χ1) is 7.17. The molecule has 15 heavy (non-hydrogen) atoms. The number of esters is 1. The van der Waals surface area contributed by atoms with Gasteiger partial charge in [-0.3, -0.25) is 4.79 Å². The van der Waals surface area contributed by atoms with Crippen LogP contribution < -0.4 is 0 Å². The van der Waals surface area contributed by atoms with Crippen molar-refractivity contribution in [3.05, 3.63) is 34.9 Å². The fourth-order valence-corrected chi connectivity index (χ4v) is 1.35. The van der Waals surface area contributed by atoms with E-state index in [1.807, 2.05) is 19.1 Å². The summed E-state index contributed by atoms with van der Waals surface area (Å²) in [5, 5.41) is 8.85. The number of hydrogen-bond acceptors (Lipinski definition) is 3. The fraction of sp³-hybridized carbons (Fsp3) is 0.333. The number of carbonyl (C=O) groups is 1. The molecule has 0 aliphatic heterocycles. The molecular formula is C12H13NO2. The number of carbonyl (C=O) groups excluding carboxylic acids is 1. The molecule has 1 aromatic carbocycles. The molecule has 0 N–H and O–H groups in total. The van der Waals surface area contributed by atoms with E-state index in [4.69, 9.17) is 10.00 Å². The van der Waals surface area contributed by atoms with Crippen LogP contribution in [0.15, 0.2) is 18.2 Å². The van der Waals surface area contributed by atoms with Gasteiger partial charge in [0.2, 0.25) is 0 Å². The average Bonchev–Trinajstić information content (AvgIpc) is 2.18. The molecular weight excluding hydrogens is 190 g/mol. The van der Waals surface area contributed by atoms with E-state index in [0.29, 0.717) is 12.2 Å². The van der Waals surface area contributed by atoms with Crippen LogP contribution in [0, 0.1) is 18.3 Å². The van der Waals surface area contributed by atoms with Crippen LogP contribution in [0.2, 0.25) is 0 Å². The summed E-state index contributed by atoms with van der Waals surface area (Å²) in [6.07, 6.45) is 0.165. The second-order valence-corrected chi connectivity index (χ2v) is 3.25. The Hall–Kier alpha value is -1.82. The van der Waals surface area contributed by atoms with Crippen molar-refractivity contribution in [2.24, 2.45) is 0 Å². The Balaban J connectivity index is 2.88. The summed E-state index contributed by atoms with van der Waals surface area (Å²) < 4.78 is 4.84. The van der Waals surface area contributed by atoms with E-state index in [9.17, 15) is 4.79 Å². The van der Waals surface area contributed by atoms with Crippen molar-refractivity contribution in [2.75, 3.05) is 6.61 Å². The highest BCUT2D eigenvalue weighted by Gasteiger charge is 2.08. The predicted molar refractivity (Wildman–Crippen MR) is 56.2 cm³/mol. The monoisotopic (exact) mass is 203 g/mol. The first-order valence-corrected chi connectivity index (χ1v) is 4.82. The van der Waals surface area contributed by atoms with Gasteiger partial charge in [-0.05, 0) is 25.5 Å². The molecule has 0 aliphatic rings. The van der Waals surface area contributed by atoms with Gasteiger partial charge in [0.25, 0.3) is 0 Å². The van der Waals surface area contributed by atoms with Crippen molar-refractivity contribution >= 4 is 5.97 Å². The summed E-state index contributed by atoms with van der Waals surface area (Å²) in [6, 6.07) is 7.49. The van der Waals surface area contributed by atoms with Crippen LogP contribution in [-0.4, -0.2) is 12.6 Å². The molecule has 0 aliphatic carbocycles. The molecule has 0 bridgehead atoms. The quantitative estimate of drug-likeness (QED) is 0.706. The van der Waals surface area contributed by atoms with Crippen molar-refractivity contribution in [1.29, 1.82) is 5.26 Å². The van der Waals surface area contributed by atoms with Gasteiger partial charge < -0.3 is 4.74 Å². The van der Waals surface area contributed by atoms with E-state index in [1.54, 1.807) is 13.0 Å². The molecule has 0 radical (unpaired) electrons. The molecule has 0 unspecified atom stereocenters. The smallest absolute Gasteiger partial charge is 0.310 e. The Bertz CT molecular complexity index is 405. The maximum absolute atomic E-state index is 11.3. The van der Waals surface area contributed by atoms with E-state index >= 15 is 0 Å². The van der Waals surface area contributed by atoms with Crippen LogP contribution in [-0.2, 0) is 16.0 Å². The fourth-order valence-electron chi connectivity index (χ4n) is 1.35. The van der Waals surface area contributed by atoms with Crippen LogP contribution in [0.25, 0.3) is 0 Å². The van der Waals surface area contributed by atoms with Crippen molar-refractivity contribution < 1.29 is 9.53 Å². The summed E-state index contributed by atoms with van der Waals surface area (Å²) >= 11 is 0. The van der Waals surface area contributed by atoms with Gasteiger partial charge in [-0.1, -0.05) is 17.7 Å². The number of ether oxygens (including phenoxy) is 1. The molecule has 3 heteroatoms. The van der Waals surface area contributed by atoms with E-state index in [-0.39, 0.29) is 12.4 Å². The third kappa shape index (κ3) is 3.10. The number of nitriles is 1. The van der Waals surface area contributed by atoms with Gasteiger partial charge in [-0.25, -0.2) is 0 Å². The van der Waals surface area contributed by atoms with Gasteiger partial charge in [0.05, 0.1) is 24.7 Å². The maximum atomic E-state index is 11.3. The highest BCUT2D eigenvalue weighted by molar-refractivity contribution is 5.73. The minimum Gasteiger partial charge on any atom is -0.466 e. The van der Waals surface area contributed by atoms with Gasteiger partial charge in [-0.15, -0.1) is 0 Å². The zero-order chi connectivity index (χ0) is 11.3. The second-order valence-electron chi connectivity index (χ2n) is 3.25. The van der Waals surface area contributed by atoms with Crippen LogP contribution in [0.5, 0.6) is 0 Å². The summed E-state index contributed by atoms with van der Waals surface area (Å²) in [4.78, 5) is 11.3. The summed E-state index contributed by atoms with van der Waals surface area (Å²) in [5.74, 6) is -0.292. The number of aryl methyl sites for hydroxylation is 1. The summed E-state index contributed by atoms with van der Waals surface area (Å²) in [6.45, 7) is 4.06. The average molecular weight is 203 g/mol. The minimum absolute atomic E-state index is 0.165. The molecule has 1 rings (SSSR count). The molecule has 0 aromatic heterocycles. The summed E-state index contributed by atoms with van der Waals surface area (Å²) in [5.41, 5.74) is 2.30. The number of hydrogen-bond donors (Lipinski definition) is 0. The van der Waals surface area contributed by atoms with Crippen molar-refractivity contribution in [1.82, 2.24) is 0 Å². The Labute approximate surface area is 89.3 Å². The molecule has 0 saturated carbocycles. The third-order valence-electron chi connectivity index (χ3n) is 2.02. The van der Waals surface area contributed by atoms with E-state index < -0.39 is 0 Å². The van der Waals surface area contributed by atoms with Gasteiger partial charge in [0.15, 0.2) is 0 Å². The van der Waals surface area contributed by atoms with E-state index in [0.717, 1.165) is 11.1 Å². The topological polar surface area (TPSA) is 50.1 Å². The lowest BCUT2D eigenvalue weighted by atomic mass is 10.0. The Kier molecular flexibility index (Phi) is 3.87. The number of rotatable bonds is 3. The van der Waals surface area contributed by atoms with E-state index in [2.05, 4.69) is 6.07 Å². The minimum atomic E-state index is -0.292. The van der Waals surface area contributed by atoms with Crippen LogP contribution in [0.4, 0.5) is 0 Å². The molecule has 0 atom stereocenters. The molecule has 0 spiro atoms. The first kappa shape index (κ1) is 11.3. The molecule has 1 aromatic rings. The summed E-state index contributed by atoms with van der Waals surface area (Å²) in [7, 11) is 0. The highest BCUT2D eigenvalue weighted by Crippen LogP contribution is 2.12. The van der Waals surface area contributed by atoms with Gasteiger partial charge in [0, 0.05) is 0 Å². The first-order valence-electron chi connectivity index (χ1n) is 4.82. The van der Waals surface area contributed by atoms with Crippen LogP contribution in [0.1, 0.15) is 23.6 Å².